The van der Waals surface area contributed by atoms with Crippen LogP contribution in [0.25, 0.3) is 0 Å². The van der Waals surface area contributed by atoms with Gasteiger partial charge in [-0.05, 0) is 24.5 Å². The summed E-state index contributed by atoms with van der Waals surface area (Å²) in [5.41, 5.74) is 0.219. The summed E-state index contributed by atoms with van der Waals surface area (Å²) >= 11 is 0. The molecule has 0 aromatic heterocycles. The van der Waals surface area contributed by atoms with E-state index in [0.29, 0.717) is 0 Å². The van der Waals surface area contributed by atoms with Crippen molar-refractivity contribution in [3.8, 4) is 5.75 Å². The summed E-state index contributed by atoms with van der Waals surface area (Å²) in [6, 6.07) is 7.54. The molecule has 2 aliphatic heterocycles. The van der Waals surface area contributed by atoms with Crippen molar-refractivity contribution >= 4 is 11.9 Å². The molecule has 2 bridgehead atoms. The molecule has 0 unspecified atom stereocenters. The number of para-hydroxylation sites is 1. The van der Waals surface area contributed by atoms with Gasteiger partial charge in [0.15, 0.2) is 5.72 Å². The Morgan fingerprint density at radius 3 is 2.95 bits per heavy atom. The predicted octanol–water partition coefficient (Wildman–Crippen LogP) is 1.83. The monoisotopic (exact) mass is 287 g/mol. The quantitative estimate of drug-likeness (QED) is 0.800. The molecule has 5 nitrogen and oxygen atoms in total. The number of aliphatic carboxylic acids is 1. The Kier molecular flexibility index (Phi) is 2.41. The van der Waals surface area contributed by atoms with Crippen LogP contribution in [0.3, 0.4) is 0 Å². The number of ether oxygens (including phenoxy) is 1. The summed E-state index contributed by atoms with van der Waals surface area (Å²) in [5.74, 6) is -1.86. The lowest BCUT2D eigenvalue weighted by Crippen LogP contribution is -2.66. The van der Waals surface area contributed by atoms with Gasteiger partial charge in [0.25, 0.3) is 0 Å². The van der Waals surface area contributed by atoms with Crippen molar-refractivity contribution in [3.05, 3.63) is 29.8 Å². The Hall–Kier alpha value is -2.04. The van der Waals surface area contributed by atoms with Crippen molar-refractivity contribution in [1.29, 1.82) is 0 Å². The zero-order valence-electron chi connectivity index (χ0n) is 11.8. The molecule has 0 radical (unpaired) electrons. The molecule has 1 saturated carbocycles. The van der Waals surface area contributed by atoms with Crippen LogP contribution in [0.2, 0.25) is 0 Å². The second-order valence-corrected chi connectivity index (χ2v) is 6.22. The smallest absolute Gasteiger partial charge is 0.316 e. The average molecular weight is 287 g/mol. The number of piperidine rings is 1. The first kappa shape index (κ1) is 12.7. The first-order valence-electron chi connectivity index (χ1n) is 7.35. The van der Waals surface area contributed by atoms with Gasteiger partial charge in [0.1, 0.15) is 11.7 Å². The summed E-state index contributed by atoms with van der Waals surface area (Å²) in [4.78, 5) is 25.9. The van der Waals surface area contributed by atoms with E-state index in [0.717, 1.165) is 30.6 Å². The largest absolute Gasteiger partial charge is 0.481 e. The zero-order chi connectivity index (χ0) is 14.8. The highest BCUT2D eigenvalue weighted by Crippen LogP contribution is 2.59. The lowest BCUT2D eigenvalue weighted by Gasteiger charge is -2.55. The third kappa shape index (κ3) is 1.41. The lowest BCUT2D eigenvalue weighted by atomic mass is 9.67. The Balaban J connectivity index is 1.97. The Labute approximate surface area is 122 Å². The van der Waals surface area contributed by atoms with Crippen LogP contribution < -0.4 is 4.74 Å². The number of amides is 1. The summed E-state index contributed by atoms with van der Waals surface area (Å²) < 4.78 is 6.24. The second kappa shape index (κ2) is 4.00. The fraction of sp³-hybridized carbons (Fsp3) is 0.500. The zero-order valence-corrected chi connectivity index (χ0v) is 11.8. The number of likely N-dealkylation sites (tertiary alicyclic amines) is 1. The Morgan fingerprint density at radius 1 is 1.43 bits per heavy atom. The Bertz CT molecular complexity index is 643. The lowest BCUT2D eigenvalue weighted by molar-refractivity contribution is -0.189. The molecule has 1 saturated heterocycles. The fourth-order valence-corrected chi connectivity index (χ4v) is 4.53. The van der Waals surface area contributed by atoms with Crippen LogP contribution in [0.15, 0.2) is 24.3 Å². The molecule has 4 rings (SSSR count). The minimum Gasteiger partial charge on any atom is -0.481 e. The van der Waals surface area contributed by atoms with Gasteiger partial charge in [0, 0.05) is 25.3 Å². The topological polar surface area (TPSA) is 66.8 Å². The summed E-state index contributed by atoms with van der Waals surface area (Å²) in [6.45, 7) is 0. The van der Waals surface area contributed by atoms with Crippen LogP contribution >= 0.6 is 0 Å². The average Bonchev–Trinajstić information content (AvgIpc) is 2.89. The molecule has 3 aliphatic rings. The van der Waals surface area contributed by atoms with Crippen LogP contribution in [0.5, 0.6) is 5.75 Å². The van der Waals surface area contributed by atoms with Gasteiger partial charge in [0.2, 0.25) is 5.91 Å². The van der Waals surface area contributed by atoms with Gasteiger partial charge in [-0.2, -0.15) is 0 Å². The van der Waals surface area contributed by atoms with Gasteiger partial charge in [-0.3, -0.25) is 9.59 Å². The maximum Gasteiger partial charge on any atom is 0.316 e. The highest BCUT2D eigenvalue weighted by molar-refractivity contribution is 5.99. The van der Waals surface area contributed by atoms with Crippen molar-refractivity contribution in [2.75, 3.05) is 7.05 Å². The number of nitrogens with zero attached hydrogens (tertiary/aromatic N) is 1. The maximum absolute atomic E-state index is 12.6. The van der Waals surface area contributed by atoms with Gasteiger partial charge >= 0.3 is 5.97 Å². The summed E-state index contributed by atoms with van der Waals surface area (Å²) in [6.07, 6.45) is 2.64. The normalized spacial score (nSPS) is 36.7. The number of carboxylic acids is 1. The molecular weight excluding hydrogens is 270 g/mol. The van der Waals surface area contributed by atoms with Crippen molar-refractivity contribution in [1.82, 2.24) is 4.90 Å². The number of carbonyl (C=O) groups excluding carboxylic acids is 1. The molecule has 1 aromatic carbocycles. The standard InChI is InChI=1S/C16H17NO4/c1-17-14(18)13(15(19)20)12-9-5-2-3-7-11(9)21-16(17)8-4-6-10(12)16/h2-3,5,7,10,12-13H,4,6,8H2,1H3,(H,19,20)/t10-,12-,13-,16+/m1/s1. The molecule has 2 heterocycles. The van der Waals surface area contributed by atoms with E-state index in [1.54, 1.807) is 11.9 Å². The summed E-state index contributed by atoms with van der Waals surface area (Å²) in [5, 5.41) is 9.59. The molecule has 1 N–H and O–H groups in total. The van der Waals surface area contributed by atoms with Gasteiger partial charge in [-0.25, -0.2) is 0 Å². The molecule has 110 valence electrons. The van der Waals surface area contributed by atoms with E-state index in [-0.39, 0.29) is 17.7 Å². The number of benzene rings is 1. The van der Waals surface area contributed by atoms with Crippen LogP contribution in [0, 0.1) is 11.8 Å². The predicted molar refractivity (Wildman–Crippen MR) is 73.8 cm³/mol. The number of rotatable bonds is 1. The summed E-state index contributed by atoms with van der Waals surface area (Å²) in [7, 11) is 1.68. The second-order valence-electron chi connectivity index (χ2n) is 6.22. The van der Waals surface area contributed by atoms with Crippen molar-refractivity contribution in [2.24, 2.45) is 11.8 Å². The molecule has 1 aromatic rings. The van der Waals surface area contributed by atoms with Crippen molar-refractivity contribution < 1.29 is 19.4 Å². The number of fused-ring (bicyclic) bond motifs is 2. The van der Waals surface area contributed by atoms with E-state index in [2.05, 4.69) is 0 Å². The number of hydrogen-bond acceptors (Lipinski definition) is 3. The molecule has 1 aliphatic carbocycles. The highest BCUT2D eigenvalue weighted by atomic mass is 16.5. The fourth-order valence-electron chi connectivity index (χ4n) is 4.53. The number of hydrogen-bond donors (Lipinski definition) is 1. The van der Waals surface area contributed by atoms with Crippen LogP contribution in [0.1, 0.15) is 30.7 Å². The van der Waals surface area contributed by atoms with Crippen molar-refractivity contribution in [3.63, 3.8) is 0 Å². The third-order valence-corrected chi connectivity index (χ3v) is 5.42. The molecule has 1 amide bonds. The van der Waals surface area contributed by atoms with E-state index in [4.69, 9.17) is 4.74 Å². The Morgan fingerprint density at radius 2 is 2.19 bits per heavy atom. The van der Waals surface area contributed by atoms with E-state index >= 15 is 0 Å². The maximum atomic E-state index is 12.6. The minimum atomic E-state index is -1.03. The highest BCUT2D eigenvalue weighted by Gasteiger charge is 2.64. The molecule has 0 spiro atoms. The van der Waals surface area contributed by atoms with E-state index in [9.17, 15) is 14.7 Å². The van der Waals surface area contributed by atoms with Gasteiger partial charge in [-0.15, -0.1) is 0 Å². The third-order valence-electron chi connectivity index (χ3n) is 5.42. The molecule has 2 fully saturated rings. The molecule has 21 heavy (non-hydrogen) atoms. The number of carbonyl (C=O) groups is 2. The van der Waals surface area contributed by atoms with Gasteiger partial charge < -0.3 is 14.7 Å². The molecular formula is C16H17NO4. The van der Waals surface area contributed by atoms with Crippen LogP contribution in [-0.2, 0) is 9.59 Å². The van der Waals surface area contributed by atoms with Crippen LogP contribution in [-0.4, -0.2) is 34.7 Å². The van der Waals surface area contributed by atoms with Gasteiger partial charge in [0.05, 0.1) is 0 Å². The minimum absolute atomic E-state index is 0.0659. The van der Waals surface area contributed by atoms with Crippen molar-refractivity contribution in [2.45, 2.75) is 30.9 Å². The SMILES string of the molecule is CN1C(=O)[C@H](C(=O)O)[C@@H]2c3ccccc3O[C@]13CCC[C@H]23. The first-order chi connectivity index (χ1) is 10.1. The van der Waals surface area contributed by atoms with E-state index in [1.165, 1.54) is 0 Å². The van der Waals surface area contributed by atoms with Crippen LogP contribution in [0.4, 0.5) is 0 Å². The first-order valence-corrected chi connectivity index (χ1v) is 7.35. The van der Waals surface area contributed by atoms with Gasteiger partial charge in [-0.1, -0.05) is 18.2 Å². The molecule has 5 heteroatoms. The molecule has 4 atom stereocenters. The van der Waals surface area contributed by atoms with E-state index < -0.39 is 17.6 Å². The van der Waals surface area contributed by atoms with E-state index in [1.807, 2.05) is 24.3 Å². The number of carboxylic acid groups (broad SMARTS) is 1.